The van der Waals surface area contributed by atoms with Crippen LogP contribution in [-0.2, 0) is 17.3 Å². The van der Waals surface area contributed by atoms with Crippen molar-refractivity contribution < 1.29 is 27.8 Å². The van der Waals surface area contributed by atoms with Gasteiger partial charge in [-0.15, -0.1) is 11.3 Å². The lowest BCUT2D eigenvalue weighted by atomic mass is 9.97. The van der Waals surface area contributed by atoms with Crippen molar-refractivity contribution in [2.24, 2.45) is 5.92 Å². The van der Waals surface area contributed by atoms with E-state index in [1.54, 1.807) is 6.07 Å². The molecule has 1 aliphatic carbocycles. The van der Waals surface area contributed by atoms with E-state index in [1.165, 1.54) is 29.9 Å². The van der Waals surface area contributed by atoms with Gasteiger partial charge in [0.2, 0.25) is 5.78 Å². The molecule has 0 amide bonds. The summed E-state index contributed by atoms with van der Waals surface area (Å²) in [5.74, 6) is 0.248. The van der Waals surface area contributed by atoms with Gasteiger partial charge >= 0.3 is 6.18 Å². The van der Waals surface area contributed by atoms with Crippen LogP contribution in [0.4, 0.5) is 19.0 Å². The van der Waals surface area contributed by atoms with Gasteiger partial charge in [-0.25, -0.2) is 15.0 Å². The third kappa shape index (κ3) is 4.74. The maximum atomic E-state index is 13.5. The SMILES string of the molecule is Cc1sc(C(=O)c2cncnc2N[C@@H]2C[C@@H](C)[C@@H](O)C2)cc1[C@@H]1OCCc2ccc(C(F)(F)F)nc21. The van der Waals surface area contributed by atoms with Crippen LogP contribution in [0.25, 0.3) is 0 Å². The second-order valence-electron chi connectivity index (χ2n) is 9.33. The first kappa shape index (κ1) is 24.8. The van der Waals surface area contributed by atoms with Gasteiger partial charge in [-0.05, 0) is 49.8 Å². The lowest BCUT2D eigenvalue weighted by molar-refractivity contribution is -0.141. The van der Waals surface area contributed by atoms with Gasteiger partial charge in [-0.1, -0.05) is 13.0 Å². The molecular formula is C25H25F3N4O3S. The number of aliphatic hydroxyl groups excluding tert-OH is 1. The van der Waals surface area contributed by atoms with E-state index >= 15 is 0 Å². The molecule has 0 bridgehead atoms. The molecule has 36 heavy (non-hydrogen) atoms. The number of ether oxygens (including phenoxy) is 1. The van der Waals surface area contributed by atoms with Crippen molar-refractivity contribution in [3.63, 3.8) is 0 Å². The Morgan fingerprint density at radius 3 is 2.81 bits per heavy atom. The number of alkyl halides is 3. The third-order valence-corrected chi connectivity index (χ3v) is 7.87. The highest BCUT2D eigenvalue weighted by Gasteiger charge is 2.36. The fraction of sp³-hybridized carbons (Fsp3) is 0.440. The fourth-order valence-electron chi connectivity index (χ4n) is 4.85. The van der Waals surface area contributed by atoms with Crippen LogP contribution in [0.3, 0.4) is 0 Å². The van der Waals surface area contributed by atoms with Crippen LogP contribution in [0.1, 0.15) is 68.5 Å². The first-order chi connectivity index (χ1) is 17.1. The van der Waals surface area contributed by atoms with Gasteiger partial charge in [-0.3, -0.25) is 4.79 Å². The van der Waals surface area contributed by atoms with E-state index in [1.807, 2.05) is 13.8 Å². The molecule has 0 aromatic carbocycles. The largest absolute Gasteiger partial charge is 0.433 e. The van der Waals surface area contributed by atoms with Crippen molar-refractivity contribution in [2.45, 2.75) is 57.5 Å². The van der Waals surface area contributed by atoms with Crippen LogP contribution < -0.4 is 5.32 Å². The van der Waals surface area contributed by atoms with Gasteiger partial charge in [0.05, 0.1) is 28.8 Å². The van der Waals surface area contributed by atoms with E-state index < -0.39 is 24.1 Å². The number of fused-ring (bicyclic) bond motifs is 1. The van der Waals surface area contributed by atoms with E-state index in [2.05, 4.69) is 20.3 Å². The Morgan fingerprint density at radius 2 is 2.08 bits per heavy atom. The minimum atomic E-state index is -4.56. The summed E-state index contributed by atoms with van der Waals surface area (Å²) in [7, 11) is 0. The zero-order valence-corrected chi connectivity index (χ0v) is 20.5. The number of aryl methyl sites for hydroxylation is 1. The first-order valence-electron chi connectivity index (χ1n) is 11.7. The summed E-state index contributed by atoms with van der Waals surface area (Å²) in [4.78, 5) is 26.8. The maximum absolute atomic E-state index is 13.5. The molecule has 11 heteroatoms. The number of thiophene rings is 1. The molecule has 4 heterocycles. The predicted molar refractivity (Wildman–Crippen MR) is 127 cm³/mol. The molecule has 2 aliphatic rings. The number of ketones is 1. The minimum absolute atomic E-state index is 0.0156. The Labute approximate surface area is 209 Å². The summed E-state index contributed by atoms with van der Waals surface area (Å²) in [6.07, 6.45) is -1.17. The highest BCUT2D eigenvalue weighted by atomic mass is 32.1. The van der Waals surface area contributed by atoms with E-state index in [-0.39, 0.29) is 23.4 Å². The van der Waals surface area contributed by atoms with Gasteiger partial charge in [0.25, 0.3) is 0 Å². The zero-order valence-electron chi connectivity index (χ0n) is 19.7. The van der Waals surface area contributed by atoms with Gasteiger partial charge in [0, 0.05) is 22.7 Å². The highest BCUT2D eigenvalue weighted by Crippen LogP contribution is 2.39. The zero-order chi connectivity index (χ0) is 25.6. The number of aliphatic hydroxyl groups is 1. The lowest BCUT2D eigenvalue weighted by Crippen LogP contribution is -2.21. The van der Waals surface area contributed by atoms with Crippen LogP contribution in [0, 0.1) is 12.8 Å². The number of pyridine rings is 1. The van der Waals surface area contributed by atoms with Crippen LogP contribution >= 0.6 is 11.3 Å². The number of carbonyl (C=O) groups excluding carboxylic acids is 1. The topological polar surface area (TPSA) is 97.2 Å². The number of anilines is 1. The molecule has 0 unspecified atom stereocenters. The number of hydrogen-bond acceptors (Lipinski definition) is 8. The quantitative estimate of drug-likeness (QED) is 0.472. The molecule has 7 nitrogen and oxygen atoms in total. The molecule has 2 N–H and O–H groups in total. The van der Waals surface area contributed by atoms with Crippen molar-refractivity contribution in [3.05, 3.63) is 68.6 Å². The molecule has 0 spiro atoms. The number of rotatable bonds is 5. The Kier molecular flexibility index (Phi) is 6.56. The summed E-state index contributed by atoms with van der Waals surface area (Å²) in [6, 6.07) is 4.10. The van der Waals surface area contributed by atoms with Crippen LogP contribution in [0.5, 0.6) is 0 Å². The highest BCUT2D eigenvalue weighted by molar-refractivity contribution is 7.14. The molecule has 1 aliphatic heterocycles. The molecule has 5 rings (SSSR count). The summed E-state index contributed by atoms with van der Waals surface area (Å²) in [5, 5.41) is 13.3. The van der Waals surface area contributed by atoms with E-state index in [4.69, 9.17) is 4.74 Å². The van der Waals surface area contributed by atoms with Crippen molar-refractivity contribution >= 4 is 22.9 Å². The first-order valence-corrected chi connectivity index (χ1v) is 12.5. The summed E-state index contributed by atoms with van der Waals surface area (Å²) in [5.41, 5.74) is 0.880. The predicted octanol–water partition coefficient (Wildman–Crippen LogP) is 4.72. The van der Waals surface area contributed by atoms with Crippen LogP contribution in [-0.4, -0.2) is 44.6 Å². The molecule has 1 saturated carbocycles. The normalized spacial score (nSPS) is 23.9. The van der Waals surface area contributed by atoms with Gasteiger partial charge in [-0.2, -0.15) is 13.2 Å². The molecule has 0 radical (unpaired) electrons. The van der Waals surface area contributed by atoms with Gasteiger partial charge < -0.3 is 15.2 Å². The van der Waals surface area contributed by atoms with Crippen molar-refractivity contribution in [2.75, 3.05) is 11.9 Å². The third-order valence-electron chi connectivity index (χ3n) is 6.81. The number of aromatic nitrogens is 3. The second-order valence-corrected chi connectivity index (χ2v) is 10.6. The average molecular weight is 519 g/mol. The van der Waals surface area contributed by atoms with Gasteiger partial charge in [0.1, 0.15) is 23.9 Å². The number of hydrogen-bond donors (Lipinski definition) is 2. The van der Waals surface area contributed by atoms with E-state index in [0.717, 1.165) is 17.4 Å². The fourth-order valence-corrected chi connectivity index (χ4v) is 5.85. The Morgan fingerprint density at radius 1 is 1.28 bits per heavy atom. The maximum Gasteiger partial charge on any atom is 0.433 e. The number of nitrogens with one attached hydrogen (secondary N) is 1. The summed E-state index contributed by atoms with van der Waals surface area (Å²) < 4.78 is 45.8. The molecule has 190 valence electrons. The molecular weight excluding hydrogens is 493 g/mol. The standard InChI is InChI=1S/C25H25F3N4O3S/c1-12-7-15(8-18(12)33)31-24-17(10-29-11-30-24)22(34)19-9-16(13(2)36-19)23-21-14(5-6-35-23)3-4-20(32-21)25(26,27)28/h3-4,9-12,15,18,23,33H,5-8H2,1-2H3,(H,29,30,31)/t12-,15-,18+,23+/m1/s1. The Hall–Kier alpha value is -2.89. The Bertz CT molecular complexity index is 1290. The molecule has 4 atom stereocenters. The number of carbonyl (C=O) groups is 1. The molecule has 0 saturated heterocycles. The second kappa shape index (κ2) is 9.53. The van der Waals surface area contributed by atoms with Crippen LogP contribution in [0.2, 0.25) is 0 Å². The lowest BCUT2D eigenvalue weighted by Gasteiger charge is -2.26. The molecule has 3 aromatic rings. The van der Waals surface area contributed by atoms with E-state index in [0.29, 0.717) is 46.8 Å². The smallest absolute Gasteiger partial charge is 0.393 e. The number of nitrogens with zero attached hydrogens (tertiary/aromatic N) is 3. The molecule has 1 fully saturated rings. The monoisotopic (exact) mass is 518 g/mol. The number of halogens is 3. The Balaban J connectivity index is 1.44. The summed E-state index contributed by atoms with van der Waals surface area (Å²) >= 11 is 1.24. The van der Waals surface area contributed by atoms with Crippen LogP contribution in [0.15, 0.2) is 30.7 Å². The molecule has 3 aromatic heterocycles. The summed E-state index contributed by atoms with van der Waals surface area (Å²) in [6.45, 7) is 4.13. The van der Waals surface area contributed by atoms with Crippen molar-refractivity contribution in [3.8, 4) is 0 Å². The van der Waals surface area contributed by atoms with Crippen molar-refractivity contribution in [1.82, 2.24) is 15.0 Å². The minimum Gasteiger partial charge on any atom is -0.393 e. The van der Waals surface area contributed by atoms with Crippen molar-refractivity contribution in [1.29, 1.82) is 0 Å². The average Bonchev–Trinajstić information content (AvgIpc) is 3.38. The van der Waals surface area contributed by atoms with Gasteiger partial charge in [0.15, 0.2) is 0 Å². The van der Waals surface area contributed by atoms with E-state index in [9.17, 15) is 23.1 Å².